The van der Waals surface area contributed by atoms with E-state index in [9.17, 15) is 0 Å². The van der Waals surface area contributed by atoms with Crippen LogP contribution in [0.4, 0.5) is 5.82 Å². The fourth-order valence-corrected chi connectivity index (χ4v) is 3.41. The predicted molar refractivity (Wildman–Crippen MR) is 97.5 cm³/mol. The topological polar surface area (TPSA) is 38.1 Å². The molecule has 2 aromatic rings. The van der Waals surface area contributed by atoms with Gasteiger partial charge in [0.2, 0.25) is 0 Å². The van der Waals surface area contributed by atoms with Gasteiger partial charge in [-0.1, -0.05) is 55.6 Å². The van der Waals surface area contributed by atoms with Gasteiger partial charge in [0.05, 0.1) is 17.1 Å². The van der Waals surface area contributed by atoms with Crippen LogP contribution in [0.2, 0.25) is 5.15 Å². The summed E-state index contributed by atoms with van der Waals surface area (Å²) in [5.41, 5.74) is 3.16. The summed E-state index contributed by atoms with van der Waals surface area (Å²) in [7, 11) is 0. The van der Waals surface area contributed by atoms with Crippen LogP contribution < -0.4 is 0 Å². The van der Waals surface area contributed by atoms with Crippen molar-refractivity contribution in [2.75, 3.05) is 0 Å². The van der Waals surface area contributed by atoms with Gasteiger partial charge in [0, 0.05) is 5.56 Å². The van der Waals surface area contributed by atoms with Crippen LogP contribution in [-0.4, -0.2) is 15.1 Å². The molecule has 1 heterocycles. The Bertz CT molecular complexity index is 730. The first-order chi connectivity index (χ1) is 11.2. The lowest BCUT2D eigenvalue weighted by Crippen LogP contribution is -2.10. The summed E-state index contributed by atoms with van der Waals surface area (Å²) in [6, 6.07) is 8.59. The average Bonchev–Trinajstić information content (AvgIpc) is 2.58. The smallest absolute Gasteiger partial charge is 0.200 e. The number of rotatable bonds is 3. The predicted octanol–water partition coefficient (Wildman–Crippen LogP) is 5.83. The first-order valence-electron chi connectivity index (χ1n) is 7.88. The van der Waals surface area contributed by atoms with Gasteiger partial charge in [0.25, 0.3) is 0 Å². The third-order valence-electron chi connectivity index (χ3n) is 4.56. The molecule has 3 rings (SSSR count). The third kappa shape index (κ3) is 3.84. The third-order valence-corrected chi connectivity index (χ3v) is 4.90. The summed E-state index contributed by atoms with van der Waals surface area (Å²) in [6.45, 7) is 2.35. The standard InChI is InChI=1S/C18H18ClN3S/c1-12-2-4-13(5-3-12)14-6-8-15(9-7-14)16-10-20-18(21-11-23)17(19)22-16/h6-10,12-13H,2-5H2,1H3. The van der Waals surface area contributed by atoms with Crippen LogP contribution >= 0.6 is 23.8 Å². The number of aliphatic imine (C=N–C) groups is 1. The molecule has 3 nitrogen and oxygen atoms in total. The van der Waals surface area contributed by atoms with Crippen molar-refractivity contribution >= 4 is 34.8 Å². The van der Waals surface area contributed by atoms with Crippen molar-refractivity contribution in [2.45, 2.75) is 38.5 Å². The second-order valence-electron chi connectivity index (χ2n) is 6.15. The highest BCUT2D eigenvalue weighted by atomic mass is 35.5. The van der Waals surface area contributed by atoms with Crippen molar-refractivity contribution in [2.24, 2.45) is 10.9 Å². The molecule has 1 aromatic carbocycles. The molecule has 1 aliphatic rings. The van der Waals surface area contributed by atoms with Crippen LogP contribution in [0.15, 0.2) is 35.5 Å². The minimum atomic E-state index is 0.241. The lowest BCUT2D eigenvalue weighted by molar-refractivity contribution is 0.348. The zero-order valence-corrected chi connectivity index (χ0v) is 14.6. The number of isothiocyanates is 1. The molecule has 0 aliphatic heterocycles. The summed E-state index contributed by atoms with van der Waals surface area (Å²) in [4.78, 5) is 12.3. The van der Waals surface area contributed by atoms with Gasteiger partial charge in [0.15, 0.2) is 11.0 Å². The molecule has 0 N–H and O–H groups in total. The number of nitrogens with zero attached hydrogens (tertiary/aromatic N) is 3. The van der Waals surface area contributed by atoms with Gasteiger partial charge in [-0.05, 0) is 42.5 Å². The second-order valence-corrected chi connectivity index (χ2v) is 6.69. The monoisotopic (exact) mass is 343 g/mol. The van der Waals surface area contributed by atoms with Crippen molar-refractivity contribution < 1.29 is 0 Å². The molecule has 1 saturated carbocycles. The maximum absolute atomic E-state index is 6.07. The Morgan fingerprint density at radius 2 is 1.87 bits per heavy atom. The molecule has 0 bridgehead atoms. The van der Waals surface area contributed by atoms with Gasteiger partial charge < -0.3 is 0 Å². The number of thiocarbonyl (C=S) groups is 1. The minimum absolute atomic E-state index is 0.241. The van der Waals surface area contributed by atoms with E-state index in [1.807, 2.05) is 0 Å². The minimum Gasteiger partial charge on any atom is -0.232 e. The first-order valence-corrected chi connectivity index (χ1v) is 8.66. The van der Waals surface area contributed by atoms with E-state index >= 15 is 0 Å². The number of hydrogen-bond acceptors (Lipinski definition) is 4. The van der Waals surface area contributed by atoms with E-state index in [0.29, 0.717) is 11.7 Å². The number of hydrogen-bond donors (Lipinski definition) is 0. The zero-order valence-electron chi connectivity index (χ0n) is 13.0. The number of aromatic nitrogens is 2. The Hall–Kier alpha value is -1.61. The quantitative estimate of drug-likeness (QED) is 0.520. The molecule has 1 aliphatic carbocycles. The Morgan fingerprint density at radius 3 is 2.48 bits per heavy atom. The van der Waals surface area contributed by atoms with Crippen LogP contribution in [0, 0.1) is 5.92 Å². The molecule has 1 aromatic heterocycles. The molecule has 0 radical (unpaired) electrons. The number of benzene rings is 1. The number of halogens is 1. The van der Waals surface area contributed by atoms with Crippen LogP contribution in [0.3, 0.4) is 0 Å². The van der Waals surface area contributed by atoms with Crippen LogP contribution in [0.5, 0.6) is 0 Å². The molecule has 5 heteroatoms. The summed E-state index contributed by atoms with van der Waals surface area (Å²) in [6.07, 6.45) is 6.90. The molecule has 0 unspecified atom stereocenters. The maximum Gasteiger partial charge on any atom is 0.200 e. The van der Waals surface area contributed by atoms with Crippen LogP contribution in [0.1, 0.15) is 44.1 Å². The molecule has 0 spiro atoms. The van der Waals surface area contributed by atoms with E-state index in [2.05, 4.69) is 63.5 Å². The van der Waals surface area contributed by atoms with E-state index in [1.54, 1.807) is 6.20 Å². The molecule has 1 fully saturated rings. The highest BCUT2D eigenvalue weighted by molar-refractivity contribution is 7.78. The molecule has 23 heavy (non-hydrogen) atoms. The molecular weight excluding hydrogens is 326 g/mol. The first kappa shape index (κ1) is 16.3. The van der Waals surface area contributed by atoms with E-state index in [1.165, 1.54) is 31.2 Å². The van der Waals surface area contributed by atoms with Crippen molar-refractivity contribution in [1.82, 2.24) is 9.97 Å². The Morgan fingerprint density at radius 1 is 1.17 bits per heavy atom. The van der Waals surface area contributed by atoms with Crippen molar-refractivity contribution in [3.05, 3.63) is 41.2 Å². The normalized spacial score (nSPS) is 20.8. The highest BCUT2D eigenvalue weighted by Gasteiger charge is 2.19. The lowest BCUT2D eigenvalue weighted by Gasteiger charge is -2.26. The average molecular weight is 344 g/mol. The molecule has 0 saturated heterocycles. The second kappa shape index (κ2) is 7.31. The van der Waals surface area contributed by atoms with Gasteiger partial charge in [-0.3, -0.25) is 0 Å². The fourth-order valence-electron chi connectivity index (χ4n) is 3.14. The van der Waals surface area contributed by atoms with Crippen molar-refractivity contribution in [3.63, 3.8) is 0 Å². The van der Waals surface area contributed by atoms with E-state index in [-0.39, 0.29) is 5.15 Å². The van der Waals surface area contributed by atoms with Crippen LogP contribution in [-0.2, 0) is 0 Å². The van der Waals surface area contributed by atoms with Crippen molar-refractivity contribution in [3.8, 4) is 11.3 Å². The van der Waals surface area contributed by atoms with E-state index < -0.39 is 0 Å². The zero-order chi connectivity index (χ0) is 16.2. The Labute approximate surface area is 146 Å². The van der Waals surface area contributed by atoms with Gasteiger partial charge in [0.1, 0.15) is 0 Å². The largest absolute Gasteiger partial charge is 0.232 e. The van der Waals surface area contributed by atoms with Crippen molar-refractivity contribution in [1.29, 1.82) is 0 Å². The molecule has 118 valence electrons. The molecule has 0 amide bonds. The van der Waals surface area contributed by atoms with Gasteiger partial charge in [-0.25, -0.2) is 9.97 Å². The maximum atomic E-state index is 6.07. The van der Waals surface area contributed by atoms with E-state index in [0.717, 1.165) is 17.2 Å². The van der Waals surface area contributed by atoms with Gasteiger partial charge in [-0.15, -0.1) is 0 Å². The summed E-state index contributed by atoms with van der Waals surface area (Å²) < 4.78 is 0. The van der Waals surface area contributed by atoms with Gasteiger partial charge >= 0.3 is 0 Å². The summed E-state index contributed by atoms with van der Waals surface area (Å²) in [5.74, 6) is 1.86. The molecule has 0 atom stereocenters. The molecular formula is C18H18ClN3S. The Balaban J connectivity index is 1.79. The lowest BCUT2D eigenvalue weighted by atomic mass is 9.79. The Kier molecular flexibility index (Phi) is 5.16. The van der Waals surface area contributed by atoms with Gasteiger partial charge in [-0.2, -0.15) is 4.99 Å². The summed E-state index contributed by atoms with van der Waals surface area (Å²) in [5, 5.41) is 2.49. The highest BCUT2D eigenvalue weighted by Crippen LogP contribution is 2.36. The SMILES string of the molecule is CC1CCC(c2ccc(-c3cnc(N=C=S)c(Cl)n3)cc2)CC1. The van der Waals surface area contributed by atoms with Crippen LogP contribution in [0.25, 0.3) is 11.3 Å². The fraction of sp³-hybridized carbons (Fsp3) is 0.389. The summed E-state index contributed by atoms with van der Waals surface area (Å²) >= 11 is 10.6. The van der Waals surface area contributed by atoms with E-state index in [4.69, 9.17) is 11.6 Å².